The van der Waals surface area contributed by atoms with Gasteiger partial charge in [0.1, 0.15) is 11.5 Å². The molecule has 0 aliphatic carbocycles. The number of ether oxygens (including phenoxy) is 2. The highest BCUT2D eigenvalue weighted by atomic mass is 32.1. The number of amides is 2. The number of hydrogen-bond donors (Lipinski definition) is 0. The van der Waals surface area contributed by atoms with Crippen LogP contribution in [0.3, 0.4) is 0 Å². The smallest absolute Gasteiger partial charge is 0.273 e. The summed E-state index contributed by atoms with van der Waals surface area (Å²) in [6.07, 6.45) is 1.94. The molecule has 0 spiro atoms. The van der Waals surface area contributed by atoms with E-state index >= 15 is 0 Å². The van der Waals surface area contributed by atoms with Gasteiger partial charge in [-0.05, 0) is 48.2 Å². The van der Waals surface area contributed by atoms with Crippen molar-refractivity contribution >= 4 is 23.2 Å². The van der Waals surface area contributed by atoms with Crippen LogP contribution in [-0.2, 0) is 17.8 Å². The number of aromatic nitrogens is 1. The van der Waals surface area contributed by atoms with Crippen LogP contribution in [0.2, 0.25) is 0 Å². The van der Waals surface area contributed by atoms with E-state index < -0.39 is 0 Å². The average molecular weight is 551 g/mol. The average Bonchev–Trinajstić information content (AvgIpc) is 3.64. The zero-order chi connectivity index (χ0) is 26.8. The fraction of sp³-hybridized carbons (Fsp3) is 0.414. The Bertz CT molecular complexity index is 1330. The van der Waals surface area contributed by atoms with Crippen LogP contribution in [0.1, 0.15) is 45.4 Å². The Labute approximate surface area is 230 Å². The summed E-state index contributed by atoms with van der Waals surface area (Å²) >= 11 is 1.54. The Morgan fingerprint density at radius 2 is 1.62 bits per heavy atom. The Kier molecular flexibility index (Phi) is 7.47. The third kappa shape index (κ3) is 5.91. The van der Waals surface area contributed by atoms with E-state index in [0.717, 1.165) is 54.5 Å². The van der Waals surface area contributed by atoms with Gasteiger partial charge >= 0.3 is 0 Å². The predicted molar refractivity (Wildman–Crippen MR) is 145 cm³/mol. The molecule has 204 valence electrons. The van der Waals surface area contributed by atoms with E-state index in [1.54, 1.807) is 23.5 Å². The molecule has 0 N–H and O–H groups in total. The van der Waals surface area contributed by atoms with Crippen LogP contribution in [0, 0.1) is 5.82 Å². The topological polar surface area (TPSA) is 75.2 Å². The lowest BCUT2D eigenvalue weighted by molar-refractivity contribution is -0.131. The Morgan fingerprint density at radius 1 is 0.897 bits per heavy atom. The lowest BCUT2D eigenvalue weighted by Crippen LogP contribution is -2.48. The van der Waals surface area contributed by atoms with E-state index in [1.807, 2.05) is 27.3 Å². The quantitative estimate of drug-likeness (QED) is 0.463. The van der Waals surface area contributed by atoms with Crippen molar-refractivity contribution in [2.45, 2.75) is 31.7 Å². The summed E-state index contributed by atoms with van der Waals surface area (Å²) in [6.45, 7) is 5.37. The van der Waals surface area contributed by atoms with Gasteiger partial charge in [0, 0.05) is 57.1 Å². The van der Waals surface area contributed by atoms with Gasteiger partial charge in [0.15, 0.2) is 11.5 Å². The molecule has 4 heterocycles. The van der Waals surface area contributed by atoms with Crippen molar-refractivity contribution < 1.29 is 23.5 Å². The number of carbonyl (C=O) groups excluding carboxylic acids is 2. The minimum atomic E-state index is -0.298. The fourth-order valence-electron chi connectivity index (χ4n) is 5.41. The van der Waals surface area contributed by atoms with E-state index in [0.29, 0.717) is 31.9 Å². The summed E-state index contributed by atoms with van der Waals surface area (Å²) in [5.74, 6) is 1.60. The van der Waals surface area contributed by atoms with Gasteiger partial charge in [-0.25, -0.2) is 9.37 Å². The Balaban J connectivity index is 0.970. The first-order valence-electron chi connectivity index (χ1n) is 13.4. The number of rotatable bonds is 6. The third-order valence-electron chi connectivity index (χ3n) is 7.71. The van der Waals surface area contributed by atoms with E-state index in [-0.39, 0.29) is 36.8 Å². The molecule has 8 nitrogen and oxygen atoms in total. The van der Waals surface area contributed by atoms with Gasteiger partial charge in [0.05, 0.1) is 11.4 Å². The minimum Gasteiger partial charge on any atom is -0.454 e. The lowest BCUT2D eigenvalue weighted by atomic mass is 9.97. The first kappa shape index (κ1) is 25.8. The van der Waals surface area contributed by atoms with Crippen molar-refractivity contribution in [1.29, 1.82) is 0 Å². The molecule has 39 heavy (non-hydrogen) atoms. The van der Waals surface area contributed by atoms with E-state index in [1.165, 1.54) is 17.7 Å². The monoisotopic (exact) mass is 550 g/mol. The molecular formula is C29H31FN4O4S. The number of carbonyl (C=O) groups is 2. The molecule has 3 aliphatic rings. The van der Waals surface area contributed by atoms with Crippen LogP contribution in [0.4, 0.5) is 4.39 Å². The second kappa shape index (κ2) is 11.3. The Morgan fingerprint density at radius 3 is 2.38 bits per heavy atom. The number of likely N-dealkylation sites (tertiary alicyclic amines) is 1. The van der Waals surface area contributed by atoms with Crippen LogP contribution in [0.15, 0.2) is 47.8 Å². The summed E-state index contributed by atoms with van der Waals surface area (Å²) in [6, 6.07) is 12.1. The van der Waals surface area contributed by atoms with Gasteiger partial charge in [-0.3, -0.25) is 14.5 Å². The van der Waals surface area contributed by atoms with Crippen molar-refractivity contribution in [2.24, 2.45) is 0 Å². The Hall–Kier alpha value is -3.50. The van der Waals surface area contributed by atoms with Crippen molar-refractivity contribution in [3.05, 3.63) is 75.5 Å². The first-order chi connectivity index (χ1) is 19.0. The minimum absolute atomic E-state index is 0.00728. The molecule has 10 heteroatoms. The van der Waals surface area contributed by atoms with Crippen molar-refractivity contribution in [3.63, 3.8) is 0 Å². The van der Waals surface area contributed by atoms with Crippen LogP contribution in [-0.4, -0.2) is 77.6 Å². The molecule has 2 aromatic carbocycles. The predicted octanol–water partition coefficient (Wildman–Crippen LogP) is 3.92. The van der Waals surface area contributed by atoms with Gasteiger partial charge in [0.25, 0.3) is 5.91 Å². The molecule has 0 unspecified atom stereocenters. The summed E-state index contributed by atoms with van der Waals surface area (Å²) < 4.78 is 24.0. The number of fused-ring (bicyclic) bond motifs is 1. The van der Waals surface area contributed by atoms with E-state index in [9.17, 15) is 14.0 Å². The lowest BCUT2D eigenvalue weighted by Gasteiger charge is -2.34. The molecule has 2 amide bonds. The van der Waals surface area contributed by atoms with Gasteiger partial charge in [-0.2, -0.15) is 0 Å². The molecular weight excluding hydrogens is 519 g/mol. The highest BCUT2D eigenvalue weighted by Crippen LogP contribution is 2.33. The number of piperidine rings is 1. The zero-order valence-corrected chi connectivity index (χ0v) is 22.5. The molecule has 0 bridgehead atoms. The van der Waals surface area contributed by atoms with Gasteiger partial charge in [-0.15, -0.1) is 11.3 Å². The molecule has 1 aromatic heterocycles. The number of hydrogen-bond acceptors (Lipinski definition) is 7. The zero-order valence-electron chi connectivity index (χ0n) is 21.7. The van der Waals surface area contributed by atoms with Gasteiger partial charge in [0.2, 0.25) is 12.7 Å². The van der Waals surface area contributed by atoms with Gasteiger partial charge in [-0.1, -0.05) is 18.2 Å². The summed E-state index contributed by atoms with van der Waals surface area (Å²) in [7, 11) is 0. The van der Waals surface area contributed by atoms with E-state index in [2.05, 4.69) is 11.0 Å². The molecule has 0 saturated carbocycles. The summed E-state index contributed by atoms with van der Waals surface area (Å²) in [5.41, 5.74) is 2.51. The number of thiazole rings is 1. The van der Waals surface area contributed by atoms with Crippen molar-refractivity contribution in [3.8, 4) is 11.5 Å². The van der Waals surface area contributed by atoms with Crippen LogP contribution in [0.25, 0.3) is 0 Å². The second-order valence-corrected chi connectivity index (χ2v) is 11.2. The number of benzene rings is 2. The highest BCUT2D eigenvalue weighted by molar-refractivity contribution is 7.09. The number of piperazine rings is 1. The SMILES string of the molecule is O=C(Cc1ccc(F)cc1)N1CCC(c2nc(C(=O)N3CCN(Cc4ccc5c(c4)OCO5)CC3)cs2)CC1. The maximum absolute atomic E-state index is 13.2. The maximum Gasteiger partial charge on any atom is 0.273 e. The second-order valence-electron chi connectivity index (χ2n) is 10.3. The summed E-state index contributed by atoms with van der Waals surface area (Å²) in [4.78, 5) is 36.7. The fourth-order valence-corrected chi connectivity index (χ4v) is 6.37. The largest absolute Gasteiger partial charge is 0.454 e. The van der Waals surface area contributed by atoms with E-state index in [4.69, 9.17) is 14.5 Å². The normalized spacial score (nSPS) is 18.0. The molecule has 3 aliphatic heterocycles. The first-order valence-corrected chi connectivity index (χ1v) is 14.3. The van der Waals surface area contributed by atoms with Crippen LogP contribution in [0.5, 0.6) is 11.5 Å². The molecule has 6 rings (SSSR count). The molecule has 0 atom stereocenters. The molecule has 3 aromatic rings. The molecule has 0 radical (unpaired) electrons. The van der Waals surface area contributed by atoms with Crippen LogP contribution < -0.4 is 9.47 Å². The summed E-state index contributed by atoms with van der Waals surface area (Å²) in [5, 5.41) is 2.85. The number of nitrogens with zero attached hydrogens (tertiary/aromatic N) is 4. The van der Waals surface area contributed by atoms with Crippen LogP contribution >= 0.6 is 11.3 Å². The highest BCUT2D eigenvalue weighted by Gasteiger charge is 2.28. The van der Waals surface area contributed by atoms with Crippen molar-refractivity contribution in [1.82, 2.24) is 19.7 Å². The molecule has 2 saturated heterocycles. The standard InChI is InChI=1S/C29H31FN4O4S/c30-23-4-1-20(2-5-23)16-27(35)33-9-7-22(8-10-33)28-31-24(18-39-28)29(36)34-13-11-32(12-14-34)17-21-3-6-25-26(15-21)38-19-37-25/h1-6,15,18,22H,7-14,16-17,19H2. The third-order valence-corrected chi connectivity index (χ3v) is 8.72. The van der Waals surface area contributed by atoms with Gasteiger partial charge < -0.3 is 19.3 Å². The maximum atomic E-state index is 13.2. The number of halogens is 1. The van der Waals surface area contributed by atoms with Crippen molar-refractivity contribution in [2.75, 3.05) is 46.1 Å². The molecule has 2 fully saturated rings.